The van der Waals surface area contributed by atoms with Gasteiger partial charge in [0.05, 0.1) is 50.8 Å². The molecule has 0 amide bonds. The third-order valence-electron chi connectivity index (χ3n) is 13.9. The highest BCUT2D eigenvalue weighted by atomic mass is 33.1. The van der Waals surface area contributed by atoms with Crippen LogP contribution in [0.1, 0.15) is 201 Å². The van der Waals surface area contributed by atoms with E-state index in [0.717, 1.165) is 121 Å². The molecule has 4 atom stereocenters. The lowest BCUT2D eigenvalue weighted by molar-refractivity contribution is -0.145. The summed E-state index contributed by atoms with van der Waals surface area (Å²) in [5.41, 5.74) is 0. The number of carbonyl (C=O) groups is 5. The van der Waals surface area contributed by atoms with Gasteiger partial charge in [0.15, 0.2) is 0 Å². The molecule has 1 aliphatic rings. The fraction of sp³-hybridized carbons (Fsp3) is 0.915. The van der Waals surface area contributed by atoms with E-state index >= 15 is 0 Å². The minimum Gasteiger partial charge on any atom is -0.466 e. The monoisotopic (exact) mass is 1160 g/mol. The third kappa shape index (κ3) is 46.9. The zero-order valence-electron chi connectivity index (χ0n) is 49.8. The molecule has 0 spiro atoms. The number of ether oxygens (including phenoxy) is 5. The second-order valence-electron chi connectivity index (χ2n) is 21.4. The Kier molecular flexibility index (Phi) is 49.7. The first kappa shape index (κ1) is 74.7. The molecule has 1 fully saturated rings. The first-order chi connectivity index (χ1) is 38.3. The van der Waals surface area contributed by atoms with Gasteiger partial charge in [0.2, 0.25) is 0 Å². The number of rotatable bonds is 55. The van der Waals surface area contributed by atoms with Crippen LogP contribution in [-0.2, 0) is 47.7 Å². The van der Waals surface area contributed by atoms with E-state index in [2.05, 4.69) is 28.5 Å². The average Bonchev–Trinajstić information content (AvgIpc) is 3.41. The Bertz CT molecular complexity index is 1430. The summed E-state index contributed by atoms with van der Waals surface area (Å²) in [6, 6.07) is 0. The van der Waals surface area contributed by atoms with Crippen molar-refractivity contribution in [2.75, 3.05) is 123 Å². The molecule has 18 nitrogen and oxygen atoms in total. The number of carbonyl (C=O) groups excluding carboxylic acids is 5. The van der Waals surface area contributed by atoms with E-state index in [1.807, 2.05) is 40.3 Å². The molecule has 79 heavy (non-hydrogen) atoms. The maximum absolute atomic E-state index is 12.8. The summed E-state index contributed by atoms with van der Waals surface area (Å²) in [6.07, 6.45) is 15.6. The van der Waals surface area contributed by atoms with E-state index in [1.54, 1.807) is 0 Å². The lowest BCUT2D eigenvalue weighted by atomic mass is 10.1. The molecule has 464 valence electrons. The van der Waals surface area contributed by atoms with E-state index < -0.39 is 24.4 Å². The van der Waals surface area contributed by atoms with Crippen LogP contribution in [0.3, 0.4) is 0 Å². The van der Waals surface area contributed by atoms with Crippen molar-refractivity contribution in [3.63, 3.8) is 0 Å². The van der Waals surface area contributed by atoms with Gasteiger partial charge in [-0.3, -0.25) is 43.6 Å². The molecule has 4 unspecified atom stereocenters. The van der Waals surface area contributed by atoms with Crippen LogP contribution in [0.4, 0.5) is 0 Å². The van der Waals surface area contributed by atoms with Gasteiger partial charge in [-0.05, 0) is 103 Å². The van der Waals surface area contributed by atoms with Crippen molar-refractivity contribution in [3.8, 4) is 0 Å². The molecule has 20 heteroatoms. The molecular weight excluding hydrogens is 1050 g/mol. The fourth-order valence-corrected chi connectivity index (χ4v) is 11.1. The van der Waals surface area contributed by atoms with E-state index in [1.165, 1.54) is 0 Å². The Labute approximate surface area is 485 Å². The smallest absolute Gasteiger partial charge is 0.305 e. The van der Waals surface area contributed by atoms with Gasteiger partial charge in [-0.25, -0.2) is 0 Å². The summed E-state index contributed by atoms with van der Waals surface area (Å²) in [5, 5.41) is 43.7. The van der Waals surface area contributed by atoms with Gasteiger partial charge in [0.25, 0.3) is 0 Å². The van der Waals surface area contributed by atoms with Gasteiger partial charge in [0.1, 0.15) is 6.61 Å². The number of unbranched alkanes of at least 4 members (excludes halogenated alkanes) is 8. The molecule has 0 bridgehead atoms. The summed E-state index contributed by atoms with van der Waals surface area (Å²) in [5.74, 6) is 0.914. The van der Waals surface area contributed by atoms with Crippen molar-refractivity contribution in [1.82, 2.24) is 19.6 Å². The fourth-order valence-electron chi connectivity index (χ4n) is 8.95. The van der Waals surface area contributed by atoms with Gasteiger partial charge in [-0.2, -0.15) is 0 Å². The van der Waals surface area contributed by atoms with Gasteiger partial charge >= 0.3 is 29.8 Å². The lowest BCUT2D eigenvalue weighted by Gasteiger charge is -2.34. The van der Waals surface area contributed by atoms with Crippen LogP contribution in [0, 0.1) is 0 Å². The highest BCUT2D eigenvalue weighted by Gasteiger charge is 2.21. The second kappa shape index (κ2) is 52.5. The van der Waals surface area contributed by atoms with E-state index in [9.17, 15) is 44.4 Å². The van der Waals surface area contributed by atoms with Gasteiger partial charge in [-0.1, -0.05) is 101 Å². The molecule has 1 aliphatic heterocycles. The Morgan fingerprint density at radius 2 is 0.671 bits per heavy atom. The second-order valence-corrected chi connectivity index (χ2v) is 24.1. The Morgan fingerprint density at radius 3 is 1.01 bits per heavy atom. The minimum absolute atomic E-state index is 0.182. The van der Waals surface area contributed by atoms with Gasteiger partial charge in [0, 0.05) is 109 Å². The zero-order chi connectivity index (χ0) is 58.0. The summed E-state index contributed by atoms with van der Waals surface area (Å²) in [6.45, 7) is 18.6. The molecule has 1 saturated heterocycles. The maximum atomic E-state index is 12.8. The first-order valence-corrected chi connectivity index (χ1v) is 33.4. The van der Waals surface area contributed by atoms with Crippen LogP contribution in [-0.4, -0.2) is 217 Å². The minimum atomic E-state index is -0.647. The predicted octanol–water partition coefficient (Wildman–Crippen LogP) is 8.36. The van der Waals surface area contributed by atoms with Crippen LogP contribution >= 0.6 is 21.6 Å². The summed E-state index contributed by atoms with van der Waals surface area (Å²) in [7, 11) is 3.72. The molecule has 4 N–H and O–H groups in total. The van der Waals surface area contributed by atoms with E-state index in [0.29, 0.717) is 169 Å². The molecule has 0 aromatic heterocycles. The third-order valence-corrected chi connectivity index (χ3v) is 16.3. The SMILES string of the molecule is CCCCOC(=O)CCCCC(O)CN(CCCSSCCN1CCN(CCOC(=O)CCCN(CC(O)CCCCC(=O)OCCCC)CC(O)CCCCC(=O)OCCCC)CC1)CC(O)CCCCC(=O)OCCCC. The van der Waals surface area contributed by atoms with Crippen LogP contribution in [0.15, 0.2) is 0 Å². The maximum Gasteiger partial charge on any atom is 0.305 e. The highest BCUT2D eigenvalue weighted by Crippen LogP contribution is 2.23. The average molecular weight is 1170 g/mol. The molecule has 1 rings (SSSR count). The Hall–Kier alpha value is -2.27. The Balaban J connectivity index is 2.44. The van der Waals surface area contributed by atoms with Crippen LogP contribution < -0.4 is 0 Å². The van der Waals surface area contributed by atoms with Crippen LogP contribution in [0.25, 0.3) is 0 Å². The van der Waals surface area contributed by atoms with Crippen molar-refractivity contribution in [2.45, 2.75) is 225 Å². The van der Waals surface area contributed by atoms with Gasteiger partial charge < -0.3 is 44.1 Å². The van der Waals surface area contributed by atoms with Crippen LogP contribution in [0.5, 0.6) is 0 Å². The van der Waals surface area contributed by atoms with Crippen molar-refractivity contribution < 1.29 is 68.1 Å². The number of hydrogen-bond donors (Lipinski definition) is 4. The molecule has 0 radical (unpaired) electrons. The molecule has 0 saturated carbocycles. The molecular formula is C59H112N4O14S2. The standard InChI is InChI=1S/C59H112N4O14S2/c1-5-9-40-73-55(68)27-17-13-23-51(64)47-62(48-52(65)24-14-18-28-56(69)74-41-10-6-2)32-21-31-59(72)77-44-38-60-34-36-61(37-35-60)39-46-79-78-45-22-33-63(49-53(66)25-15-19-29-57(70)75-42-11-7-3)50-54(67)26-16-20-30-58(71)76-43-12-8-4/h51-54,64-67H,5-50H2,1-4H3. The number of aliphatic hydroxyl groups is 4. The van der Waals surface area contributed by atoms with Crippen molar-refractivity contribution >= 4 is 51.4 Å². The summed E-state index contributed by atoms with van der Waals surface area (Å²) in [4.78, 5) is 69.7. The number of aliphatic hydroxyl groups excluding tert-OH is 4. The number of hydrogen-bond acceptors (Lipinski definition) is 20. The molecule has 1 heterocycles. The highest BCUT2D eigenvalue weighted by molar-refractivity contribution is 8.76. The molecule has 0 aliphatic carbocycles. The summed E-state index contributed by atoms with van der Waals surface area (Å²) < 4.78 is 26.6. The molecule has 0 aromatic rings. The summed E-state index contributed by atoms with van der Waals surface area (Å²) >= 11 is 0. The Morgan fingerprint density at radius 1 is 0.380 bits per heavy atom. The van der Waals surface area contributed by atoms with Crippen molar-refractivity contribution in [1.29, 1.82) is 0 Å². The predicted molar refractivity (Wildman–Crippen MR) is 317 cm³/mol. The van der Waals surface area contributed by atoms with Crippen LogP contribution in [0.2, 0.25) is 0 Å². The quantitative estimate of drug-likeness (QED) is 0.0194. The first-order valence-electron chi connectivity index (χ1n) is 30.9. The number of esters is 5. The normalized spacial score (nSPS) is 14.8. The number of nitrogens with zero attached hydrogens (tertiary/aromatic N) is 4. The van der Waals surface area contributed by atoms with Crippen molar-refractivity contribution in [2.24, 2.45) is 0 Å². The molecule has 0 aromatic carbocycles. The van der Waals surface area contributed by atoms with Gasteiger partial charge in [-0.15, -0.1) is 0 Å². The topological polar surface area (TPSA) is 225 Å². The lowest BCUT2D eigenvalue weighted by Crippen LogP contribution is -2.47. The van der Waals surface area contributed by atoms with Crippen molar-refractivity contribution in [3.05, 3.63) is 0 Å². The largest absolute Gasteiger partial charge is 0.466 e. The van der Waals surface area contributed by atoms with E-state index in [4.69, 9.17) is 23.7 Å². The number of piperazine rings is 1. The zero-order valence-corrected chi connectivity index (χ0v) is 51.4. The van der Waals surface area contributed by atoms with E-state index in [-0.39, 0.29) is 36.3 Å².